The zero-order valence-electron chi connectivity index (χ0n) is 13.0. The summed E-state index contributed by atoms with van der Waals surface area (Å²) in [6, 6.07) is 7.87. The molecular formula is C17H26N2O2. The average molecular weight is 290 g/mol. The van der Waals surface area contributed by atoms with Crippen LogP contribution in [0.5, 0.6) is 0 Å². The summed E-state index contributed by atoms with van der Waals surface area (Å²) in [5.74, 6) is 0.175. The lowest BCUT2D eigenvalue weighted by molar-refractivity contribution is 0.0872. The van der Waals surface area contributed by atoms with E-state index in [4.69, 9.17) is 0 Å². The summed E-state index contributed by atoms with van der Waals surface area (Å²) < 4.78 is 0. The largest absolute Gasteiger partial charge is 0.396 e. The zero-order chi connectivity index (χ0) is 15.2. The fourth-order valence-electron chi connectivity index (χ4n) is 3.04. The first-order chi connectivity index (χ1) is 10.1. The van der Waals surface area contributed by atoms with Crippen LogP contribution in [0.25, 0.3) is 0 Å². The van der Waals surface area contributed by atoms with E-state index >= 15 is 0 Å². The Morgan fingerprint density at radius 3 is 2.81 bits per heavy atom. The summed E-state index contributed by atoms with van der Waals surface area (Å²) in [6.45, 7) is 0.982. The number of nitrogens with one attached hydrogen (secondary N) is 1. The number of amides is 1. The second kappa shape index (κ2) is 7.57. The van der Waals surface area contributed by atoms with E-state index in [9.17, 15) is 9.90 Å². The van der Waals surface area contributed by atoms with E-state index in [2.05, 4.69) is 10.2 Å². The van der Waals surface area contributed by atoms with E-state index in [1.165, 1.54) is 0 Å². The number of carbonyl (C=O) groups excluding carboxylic acids is 1. The summed E-state index contributed by atoms with van der Waals surface area (Å²) in [6.07, 6.45) is 4.24. The van der Waals surface area contributed by atoms with Gasteiger partial charge in [0.25, 0.3) is 5.91 Å². The average Bonchev–Trinajstić information content (AvgIpc) is 2.47. The van der Waals surface area contributed by atoms with Crippen LogP contribution >= 0.6 is 0 Å². The molecule has 1 aliphatic carbocycles. The van der Waals surface area contributed by atoms with Crippen LogP contribution in [0.4, 0.5) is 0 Å². The number of aliphatic hydroxyl groups excluding tert-OH is 1. The number of benzene rings is 1. The van der Waals surface area contributed by atoms with Crippen LogP contribution in [0, 0.1) is 5.92 Å². The molecule has 0 radical (unpaired) electrons. The quantitative estimate of drug-likeness (QED) is 0.872. The Hall–Kier alpha value is -1.39. The maximum absolute atomic E-state index is 12.4. The topological polar surface area (TPSA) is 52.6 Å². The summed E-state index contributed by atoms with van der Waals surface area (Å²) in [7, 11) is 4.03. The molecule has 21 heavy (non-hydrogen) atoms. The van der Waals surface area contributed by atoms with Crippen molar-refractivity contribution in [3.63, 3.8) is 0 Å². The van der Waals surface area contributed by atoms with Crippen molar-refractivity contribution in [3.05, 3.63) is 35.4 Å². The molecule has 1 saturated carbocycles. The maximum atomic E-state index is 12.4. The van der Waals surface area contributed by atoms with E-state index in [0.717, 1.165) is 37.8 Å². The van der Waals surface area contributed by atoms with Gasteiger partial charge in [-0.3, -0.25) is 4.79 Å². The minimum Gasteiger partial charge on any atom is -0.396 e. The zero-order valence-corrected chi connectivity index (χ0v) is 13.0. The van der Waals surface area contributed by atoms with Gasteiger partial charge in [-0.2, -0.15) is 0 Å². The van der Waals surface area contributed by atoms with Crippen molar-refractivity contribution in [1.29, 1.82) is 0 Å². The summed E-state index contributed by atoms with van der Waals surface area (Å²) in [5, 5.41) is 12.5. The summed E-state index contributed by atoms with van der Waals surface area (Å²) >= 11 is 0. The number of aliphatic hydroxyl groups is 1. The first-order valence-electron chi connectivity index (χ1n) is 7.75. The highest BCUT2D eigenvalue weighted by molar-refractivity contribution is 5.94. The molecule has 1 aromatic rings. The van der Waals surface area contributed by atoms with Crippen LogP contribution < -0.4 is 5.32 Å². The highest BCUT2D eigenvalue weighted by atomic mass is 16.3. The van der Waals surface area contributed by atoms with E-state index in [0.29, 0.717) is 5.56 Å². The van der Waals surface area contributed by atoms with Gasteiger partial charge in [0.1, 0.15) is 0 Å². The first kappa shape index (κ1) is 16.0. The number of rotatable bonds is 5. The Morgan fingerprint density at radius 2 is 2.10 bits per heavy atom. The van der Waals surface area contributed by atoms with Crippen molar-refractivity contribution in [1.82, 2.24) is 10.2 Å². The molecule has 0 bridgehead atoms. The van der Waals surface area contributed by atoms with E-state index in [1.54, 1.807) is 0 Å². The van der Waals surface area contributed by atoms with E-state index in [1.807, 2.05) is 38.4 Å². The van der Waals surface area contributed by atoms with Gasteiger partial charge in [-0.15, -0.1) is 0 Å². The molecular weight excluding hydrogens is 264 g/mol. The normalized spacial score (nSPS) is 22.3. The van der Waals surface area contributed by atoms with E-state index < -0.39 is 0 Å². The molecule has 0 aliphatic heterocycles. The van der Waals surface area contributed by atoms with Gasteiger partial charge < -0.3 is 15.3 Å². The van der Waals surface area contributed by atoms with Crippen molar-refractivity contribution in [2.24, 2.45) is 5.92 Å². The third-order valence-corrected chi connectivity index (χ3v) is 4.15. The fraction of sp³-hybridized carbons (Fsp3) is 0.588. The van der Waals surface area contributed by atoms with Crippen LogP contribution in [-0.4, -0.2) is 42.7 Å². The third kappa shape index (κ3) is 4.55. The summed E-state index contributed by atoms with van der Waals surface area (Å²) in [5.41, 5.74) is 1.84. The molecule has 116 valence electrons. The van der Waals surface area contributed by atoms with Crippen LogP contribution in [-0.2, 0) is 6.54 Å². The van der Waals surface area contributed by atoms with Gasteiger partial charge in [0.05, 0.1) is 0 Å². The molecule has 2 N–H and O–H groups in total. The van der Waals surface area contributed by atoms with Gasteiger partial charge >= 0.3 is 0 Å². The lowest BCUT2D eigenvalue weighted by atomic mass is 9.85. The predicted octanol–water partition coefficient (Wildman–Crippen LogP) is 2.03. The van der Waals surface area contributed by atoms with Gasteiger partial charge in [-0.25, -0.2) is 0 Å². The molecule has 0 heterocycles. The number of hydrogen-bond acceptors (Lipinski definition) is 3. The smallest absolute Gasteiger partial charge is 0.251 e. The standard InChI is InChI=1S/C17H26N2O2/c1-19(2)11-13-6-5-8-14(10-13)17(21)18-16-9-4-3-7-15(16)12-20/h5-6,8,10,15-16,20H,3-4,7,9,11-12H2,1-2H3,(H,18,21). The Morgan fingerprint density at radius 1 is 1.33 bits per heavy atom. The van der Waals surface area contributed by atoms with Crippen molar-refractivity contribution in [3.8, 4) is 0 Å². The molecule has 4 heteroatoms. The Kier molecular flexibility index (Phi) is 5.76. The van der Waals surface area contributed by atoms with Crippen LogP contribution in [0.2, 0.25) is 0 Å². The second-order valence-electron chi connectivity index (χ2n) is 6.25. The van der Waals surface area contributed by atoms with Gasteiger partial charge in [-0.05, 0) is 44.6 Å². The molecule has 1 amide bonds. The highest BCUT2D eigenvalue weighted by Crippen LogP contribution is 2.24. The number of carbonyl (C=O) groups is 1. The van der Waals surface area contributed by atoms with Gasteiger partial charge in [0.15, 0.2) is 0 Å². The van der Waals surface area contributed by atoms with Crippen molar-refractivity contribution >= 4 is 5.91 Å². The molecule has 0 spiro atoms. The van der Waals surface area contributed by atoms with Gasteiger partial charge in [0, 0.05) is 30.7 Å². The minimum absolute atomic E-state index is 0.0269. The minimum atomic E-state index is -0.0269. The molecule has 0 saturated heterocycles. The highest BCUT2D eigenvalue weighted by Gasteiger charge is 2.26. The van der Waals surface area contributed by atoms with Crippen molar-refractivity contribution in [2.45, 2.75) is 38.3 Å². The SMILES string of the molecule is CN(C)Cc1cccc(C(=O)NC2CCCCC2CO)c1. The maximum Gasteiger partial charge on any atom is 0.251 e. The van der Waals surface area contributed by atoms with Crippen LogP contribution in [0.15, 0.2) is 24.3 Å². The van der Waals surface area contributed by atoms with Crippen molar-refractivity contribution < 1.29 is 9.90 Å². The Balaban J connectivity index is 2.02. The van der Waals surface area contributed by atoms with Crippen LogP contribution in [0.3, 0.4) is 0 Å². The van der Waals surface area contributed by atoms with Gasteiger partial charge in [0.2, 0.25) is 0 Å². The first-order valence-corrected chi connectivity index (χ1v) is 7.75. The fourth-order valence-corrected chi connectivity index (χ4v) is 3.04. The molecule has 1 aliphatic rings. The Labute approximate surface area is 127 Å². The van der Waals surface area contributed by atoms with E-state index in [-0.39, 0.29) is 24.5 Å². The van der Waals surface area contributed by atoms with Crippen molar-refractivity contribution in [2.75, 3.05) is 20.7 Å². The van der Waals surface area contributed by atoms with Gasteiger partial charge in [-0.1, -0.05) is 25.0 Å². The monoisotopic (exact) mass is 290 g/mol. The Bertz CT molecular complexity index is 474. The molecule has 1 fully saturated rings. The number of nitrogens with zero attached hydrogens (tertiary/aromatic N) is 1. The number of hydrogen-bond donors (Lipinski definition) is 2. The molecule has 0 aromatic heterocycles. The predicted molar refractivity (Wildman–Crippen MR) is 84.1 cm³/mol. The molecule has 4 nitrogen and oxygen atoms in total. The molecule has 2 rings (SSSR count). The lowest BCUT2D eigenvalue weighted by Gasteiger charge is -2.30. The molecule has 1 aromatic carbocycles. The third-order valence-electron chi connectivity index (χ3n) is 4.15. The second-order valence-corrected chi connectivity index (χ2v) is 6.25. The summed E-state index contributed by atoms with van der Waals surface area (Å²) in [4.78, 5) is 14.5. The molecule has 2 unspecified atom stereocenters. The lowest BCUT2D eigenvalue weighted by Crippen LogP contribution is -2.43. The molecule has 2 atom stereocenters. The van der Waals surface area contributed by atoms with Crippen LogP contribution in [0.1, 0.15) is 41.6 Å².